The highest BCUT2D eigenvalue weighted by atomic mass is 19.4. The molecule has 0 saturated heterocycles. The van der Waals surface area contributed by atoms with Crippen LogP contribution in [0.4, 0.5) is 17.6 Å². The molecule has 0 saturated carbocycles. The number of nitrogens with zero attached hydrogens (tertiary/aromatic N) is 1. The molecule has 0 aliphatic rings. The third-order valence-corrected chi connectivity index (χ3v) is 1.55. The van der Waals surface area contributed by atoms with Crippen LogP contribution < -0.4 is 10.5 Å². The molecule has 0 fully saturated rings. The highest BCUT2D eigenvalue weighted by Crippen LogP contribution is 2.27. The fraction of sp³-hybridized carbons (Fsp3) is 0.250. The van der Waals surface area contributed by atoms with Crippen LogP contribution in [0.2, 0.25) is 0 Å². The van der Waals surface area contributed by atoms with Crippen LogP contribution >= 0.6 is 0 Å². The number of hydrogen-bond donors (Lipinski definition) is 1. The molecule has 16 heavy (non-hydrogen) atoms. The largest absolute Gasteiger partial charge is 0.573 e. The van der Waals surface area contributed by atoms with E-state index < -0.39 is 30.2 Å². The van der Waals surface area contributed by atoms with Gasteiger partial charge in [-0.15, -0.1) is 13.2 Å². The summed E-state index contributed by atoms with van der Waals surface area (Å²) in [6.07, 6.45) is -4.88. The number of carbonyl (C=O) groups excluding carboxylic acids is 1. The van der Waals surface area contributed by atoms with E-state index >= 15 is 0 Å². The number of aromatic nitrogens is 1. The summed E-state index contributed by atoms with van der Waals surface area (Å²) < 4.78 is 52.2. The Bertz CT molecular complexity index is 406. The lowest BCUT2D eigenvalue weighted by atomic mass is 10.2. The SMILES string of the molecule is NCc1nc(C=O)cc(OC(F)(F)F)c1F. The van der Waals surface area contributed by atoms with Gasteiger partial charge in [-0.2, -0.15) is 0 Å². The molecule has 88 valence electrons. The van der Waals surface area contributed by atoms with Gasteiger partial charge in [0, 0.05) is 12.6 Å². The maximum atomic E-state index is 13.2. The van der Waals surface area contributed by atoms with Gasteiger partial charge in [-0.3, -0.25) is 4.79 Å². The number of carbonyl (C=O) groups is 1. The normalized spacial score (nSPS) is 11.3. The van der Waals surface area contributed by atoms with E-state index in [1.54, 1.807) is 0 Å². The first-order valence-corrected chi connectivity index (χ1v) is 3.97. The van der Waals surface area contributed by atoms with Gasteiger partial charge in [0.1, 0.15) is 5.69 Å². The van der Waals surface area contributed by atoms with E-state index in [1.807, 2.05) is 0 Å². The molecule has 0 aliphatic heterocycles. The monoisotopic (exact) mass is 238 g/mol. The molecule has 0 unspecified atom stereocenters. The zero-order valence-electron chi connectivity index (χ0n) is 7.71. The fourth-order valence-corrected chi connectivity index (χ4v) is 0.972. The van der Waals surface area contributed by atoms with E-state index in [0.29, 0.717) is 6.07 Å². The van der Waals surface area contributed by atoms with Crippen LogP contribution in [0, 0.1) is 5.82 Å². The standard InChI is InChI=1S/C8H6F4N2O2/c9-7-5(2-13)14-4(3-15)1-6(7)16-8(10,11)12/h1,3H,2,13H2. The maximum Gasteiger partial charge on any atom is 0.573 e. The molecule has 1 aromatic heterocycles. The zero-order valence-corrected chi connectivity index (χ0v) is 7.71. The number of rotatable bonds is 3. The van der Waals surface area contributed by atoms with Gasteiger partial charge in [-0.05, 0) is 0 Å². The molecule has 2 N–H and O–H groups in total. The van der Waals surface area contributed by atoms with E-state index in [1.165, 1.54) is 0 Å². The number of nitrogens with two attached hydrogens (primary N) is 1. The van der Waals surface area contributed by atoms with Gasteiger partial charge in [0.05, 0.1) is 5.69 Å². The summed E-state index contributed by atoms with van der Waals surface area (Å²) in [4.78, 5) is 13.7. The number of aldehydes is 1. The smallest absolute Gasteiger partial charge is 0.402 e. The second-order valence-electron chi connectivity index (χ2n) is 2.68. The van der Waals surface area contributed by atoms with Gasteiger partial charge in [0.2, 0.25) is 0 Å². The molecular weight excluding hydrogens is 232 g/mol. The molecule has 1 aromatic rings. The molecule has 4 nitrogen and oxygen atoms in total. The van der Waals surface area contributed by atoms with Gasteiger partial charge >= 0.3 is 6.36 Å². The van der Waals surface area contributed by atoms with E-state index in [-0.39, 0.29) is 12.0 Å². The van der Waals surface area contributed by atoms with Crippen molar-refractivity contribution in [2.75, 3.05) is 0 Å². The summed E-state index contributed by atoms with van der Waals surface area (Å²) >= 11 is 0. The molecule has 1 rings (SSSR count). The van der Waals surface area contributed by atoms with Crippen LogP contribution in [0.3, 0.4) is 0 Å². The molecule has 0 amide bonds. The molecule has 0 radical (unpaired) electrons. The highest BCUT2D eigenvalue weighted by molar-refractivity contribution is 5.72. The Hall–Kier alpha value is -1.70. The zero-order chi connectivity index (χ0) is 12.3. The highest BCUT2D eigenvalue weighted by Gasteiger charge is 2.33. The molecule has 1 heterocycles. The quantitative estimate of drug-likeness (QED) is 0.638. The summed E-state index contributed by atoms with van der Waals surface area (Å²) in [6, 6.07) is 0.551. The van der Waals surface area contributed by atoms with Crippen molar-refractivity contribution in [3.05, 3.63) is 23.3 Å². The van der Waals surface area contributed by atoms with E-state index in [0.717, 1.165) is 0 Å². The van der Waals surface area contributed by atoms with Crippen molar-refractivity contribution in [3.63, 3.8) is 0 Å². The van der Waals surface area contributed by atoms with E-state index in [9.17, 15) is 22.4 Å². The predicted octanol–water partition coefficient (Wildman–Crippen LogP) is 1.39. The first-order chi connectivity index (χ1) is 7.37. The van der Waals surface area contributed by atoms with E-state index in [4.69, 9.17) is 5.73 Å². The van der Waals surface area contributed by atoms with Crippen molar-refractivity contribution in [1.82, 2.24) is 4.98 Å². The summed E-state index contributed by atoms with van der Waals surface area (Å²) in [5.74, 6) is -2.45. The van der Waals surface area contributed by atoms with Crippen molar-refractivity contribution >= 4 is 6.29 Å². The Morgan fingerprint density at radius 1 is 1.50 bits per heavy atom. The summed E-state index contributed by atoms with van der Waals surface area (Å²) in [7, 11) is 0. The van der Waals surface area contributed by atoms with Crippen LogP contribution in [0.15, 0.2) is 6.07 Å². The third kappa shape index (κ3) is 2.89. The molecule has 8 heteroatoms. The molecule has 0 aromatic carbocycles. The first kappa shape index (κ1) is 12.4. The van der Waals surface area contributed by atoms with Crippen LogP contribution in [0.1, 0.15) is 16.2 Å². The van der Waals surface area contributed by atoms with Crippen LogP contribution in [-0.2, 0) is 6.54 Å². The fourth-order valence-electron chi connectivity index (χ4n) is 0.972. The Balaban J connectivity index is 3.21. The Morgan fingerprint density at radius 2 is 2.12 bits per heavy atom. The number of halogens is 4. The van der Waals surface area contributed by atoms with Crippen molar-refractivity contribution in [1.29, 1.82) is 0 Å². The van der Waals surface area contributed by atoms with Crippen LogP contribution in [-0.4, -0.2) is 17.6 Å². The van der Waals surface area contributed by atoms with Crippen molar-refractivity contribution in [2.45, 2.75) is 12.9 Å². The van der Waals surface area contributed by atoms with Gasteiger partial charge in [0.15, 0.2) is 17.9 Å². The Kier molecular flexibility index (Phi) is 3.43. The second kappa shape index (κ2) is 4.44. The minimum absolute atomic E-state index is 0.168. The minimum Gasteiger partial charge on any atom is -0.402 e. The average molecular weight is 238 g/mol. The predicted molar refractivity (Wildman–Crippen MR) is 44.2 cm³/mol. The van der Waals surface area contributed by atoms with Crippen molar-refractivity contribution in [2.24, 2.45) is 5.73 Å². The number of ether oxygens (including phenoxy) is 1. The lowest BCUT2D eigenvalue weighted by Crippen LogP contribution is -2.19. The van der Waals surface area contributed by atoms with Crippen molar-refractivity contribution in [3.8, 4) is 5.75 Å². The van der Waals surface area contributed by atoms with Gasteiger partial charge in [-0.25, -0.2) is 9.37 Å². The maximum absolute atomic E-state index is 13.2. The topological polar surface area (TPSA) is 65.2 Å². The van der Waals surface area contributed by atoms with E-state index in [2.05, 4.69) is 9.72 Å². The minimum atomic E-state index is -5.05. The number of alkyl halides is 3. The van der Waals surface area contributed by atoms with Crippen LogP contribution in [0.5, 0.6) is 5.75 Å². The average Bonchev–Trinajstić information content (AvgIpc) is 2.19. The summed E-state index contributed by atoms with van der Waals surface area (Å²) in [5.41, 5.74) is 4.20. The van der Waals surface area contributed by atoms with Crippen molar-refractivity contribution < 1.29 is 27.1 Å². The number of hydrogen-bond acceptors (Lipinski definition) is 4. The molecule has 0 aliphatic carbocycles. The second-order valence-corrected chi connectivity index (χ2v) is 2.68. The number of pyridine rings is 1. The molecular formula is C8H6F4N2O2. The van der Waals surface area contributed by atoms with Gasteiger partial charge in [0.25, 0.3) is 0 Å². The van der Waals surface area contributed by atoms with Gasteiger partial charge < -0.3 is 10.5 Å². The molecule has 0 spiro atoms. The summed E-state index contributed by atoms with van der Waals surface area (Å²) in [6.45, 7) is -0.443. The lowest BCUT2D eigenvalue weighted by Gasteiger charge is -2.11. The molecule has 0 atom stereocenters. The van der Waals surface area contributed by atoms with Crippen LogP contribution in [0.25, 0.3) is 0 Å². The summed E-state index contributed by atoms with van der Waals surface area (Å²) in [5, 5.41) is 0. The lowest BCUT2D eigenvalue weighted by molar-refractivity contribution is -0.275. The first-order valence-electron chi connectivity index (χ1n) is 3.97. The van der Waals surface area contributed by atoms with Gasteiger partial charge in [-0.1, -0.05) is 0 Å². The Morgan fingerprint density at radius 3 is 2.56 bits per heavy atom. The third-order valence-electron chi connectivity index (χ3n) is 1.55. The molecule has 0 bridgehead atoms. The Labute approximate surface area is 87.0 Å².